The second kappa shape index (κ2) is 4.06. The number of hydrogen-bond acceptors (Lipinski definition) is 2. The molecule has 2 fully saturated rings. The van der Waals surface area contributed by atoms with Crippen molar-refractivity contribution in [1.29, 1.82) is 0 Å². The highest BCUT2D eigenvalue weighted by Crippen LogP contribution is 2.48. The maximum Gasteiger partial charge on any atom is 0.0725 e. The van der Waals surface area contributed by atoms with Gasteiger partial charge in [0.05, 0.1) is 11.7 Å². The normalized spacial score (nSPS) is 51.2. The third-order valence-corrected chi connectivity index (χ3v) is 4.43. The predicted octanol–water partition coefficient (Wildman–Crippen LogP) is 2.60. The Morgan fingerprint density at radius 3 is 2.07 bits per heavy atom. The first-order chi connectivity index (χ1) is 7.03. The van der Waals surface area contributed by atoms with E-state index in [1.165, 1.54) is 19.3 Å². The van der Waals surface area contributed by atoms with Gasteiger partial charge < -0.3 is 9.84 Å². The highest BCUT2D eigenvalue weighted by atomic mass is 16.5. The molecule has 1 N–H and O–H groups in total. The molecule has 0 amide bonds. The van der Waals surface area contributed by atoms with Gasteiger partial charge in [-0.25, -0.2) is 0 Å². The Bertz CT molecular complexity index is 211. The predicted molar refractivity (Wildman–Crippen MR) is 60.6 cm³/mol. The van der Waals surface area contributed by atoms with Gasteiger partial charge in [0.1, 0.15) is 0 Å². The van der Waals surface area contributed by atoms with Gasteiger partial charge in [0.2, 0.25) is 0 Å². The lowest BCUT2D eigenvalue weighted by atomic mass is 9.61. The third-order valence-electron chi connectivity index (χ3n) is 4.43. The monoisotopic (exact) mass is 212 g/mol. The minimum atomic E-state index is -0.399. The van der Waals surface area contributed by atoms with Crippen molar-refractivity contribution in [2.45, 2.75) is 57.7 Å². The zero-order valence-corrected chi connectivity index (χ0v) is 10.2. The van der Waals surface area contributed by atoms with Gasteiger partial charge >= 0.3 is 0 Å². The molecule has 2 aliphatic carbocycles. The summed E-state index contributed by atoms with van der Waals surface area (Å²) in [5.74, 6) is 2.08. The number of ether oxygens (including phenoxy) is 1. The van der Waals surface area contributed by atoms with Crippen molar-refractivity contribution in [3.05, 3.63) is 0 Å². The molecule has 0 heterocycles. The molecule has 0 aromatic heterocycles. The van der Waals surface area contributed by atoms with Crippen LogP contribution in [0.3, 0.4) is 0 Å². The molecule has 88 valence electrons. The maximum atomic E-state index is 10.5. The van der Waals surface area contributed by atoms with Gasteiger partial charge in [0, 0.05) is 20.0 Å². The zero-order chi connectivity index (χ0) is 11.1. The largest absolute Gasteiger partial charge is 0.389 e. The first-order valence-electron chi connectivity index (χ1n) is 6.28. The SMILES string of the molecule is COC1CC(O)(C2CC(C)CC(C)C2)C1. The molecule has 2 aliphatic rings. The summed E-state index contributed by atoms with van der Waals surface area (Å²) in [5, 5.41) is 10.5. The van der Waals surface area contributed by atoms with Crippen molar-refractivity contribution >= 4 is 0 Å². The van der Waals surface area contributed by atoms with Crippen LogP contribution in [0, 0.1) is 17.8 Å². The zero-order valence-electron chi connectivity index (χ0n) is 10.2. The van der Waals surface area contributed by atoms with E-state index in [-0.39, 0.29) is 0 Å². The Hall–Kier alpha value is -0.0800. The van der Waals surface area contributed by atoms with Crippen LogP contribution in [-0.4, -0.2) is 23.9 Å². The van der Waals surface area contributed by atoms with Crippen molar-refractivity contribution in [2.75, 3.05) is 7.11 Å². The molecule has 0 aliphatic heterocycles. The molecule has 0 spiro atoms. The molecule has 0 bridgehead atoms. The van der Waals surface area contributed by atoms with Crippen LogP contribution >= 0.6 is 0 Å². The van der Waals surface area contributed by atoms with Crippen LogP contribution < -0.4 is 0 Å². The lowest BCUT2D eigenvalue weighted by molar-refractivity contribution is -0.170. The van der Waals surface area contributed by atoms with Gasteiger partial charge in [-0.1, -0.05) is 13.8 Å². The maximum absolute atomic E-state index is 10.5. The summed E-state index contributed by atoms with van der Waals surface area (Å²) in [6.45, 7) is 4.64. The number of methoxy groups -OCH3 is 1. The molecule has 0 radical (unpaired) electrons. The summed E-state index contributed by atoms with van der Waals surface area (Å²) >= 11 is 0. The molecule has 2 atom stereocenters. The van der Waals surface area contributed by atoms with Gasteiger partial charge in [-0.3, -0.25) is 0 Å². The fourth-order valence-electron chi connectivity index (χ4n) is 3.61. The number of rotatable bonds is 2. The van der Waals surface area contributed by atoms with Crippen LogP contribution in [0.25, 0.3) is 0 Å². The van der Waals surface area contributed by atoms with E-state index < -0.39 is 5.60 Å². The molecular weight excluding hydrogens is 188 g/mol. The second-order valence-electron chi connectivity index (χ2n) is 5.98. The Morgan fingerprint density at radius 1 is 1.07 bits per heavy atom. The van der Waals surface area contributed by atoms with E-state index in [4.69, 9.17) is 4.74 Å². The summed E-state index contributed by atoms with van der Waals surface area (Å²) in [6, 6.07) is 0. The summed E-state index contributed by atoms with van der Waals surface area (Å²) in [4.78, 5) is 0. The van der Waals surface area contributed by atoms with Gasteiger partial charge in [0.15, 0.2) is 0 Å². The van der Waals surface area contributed by atoms with Gasteiger partial charge in [-0.15, -0.1) is 0 Å². The van der Waals surface area contributed by atoms with Crippen LogP contribution in [0.2, 0.25) is 0 Å². The Balaban J connectivity index is 1.93. The van der Waals surface area contributed by atoms with Crippen molar-refractivity contribution in [1.82, 2.24) is 0 Å². The highest BCUT2D eigenvalue weighted by Gasteiger charge is 2.49. The number of aliphatic hydroxyl groups is 1. The topological polar surface area (TPSA) is 29.5 Å². The van der Waals surface area contributed by atoms with E-state index in [0.717, 1.165) is 24.7 Å². The molecule has 2 saturated carbocycles. The van der Waals surface area contributed by atoms with E-state index in [0.29, 0.717) is 12.0 Å². The molecule has 2 rings (SSSR count). The van der Waals surface area contributed by atoms with E-state index in [2.05, 4.69) is 13.8 Å². The number of hydrogen-bond donors (Lipinski definition) is 1. The molecule has 2 heteroatoms. The molecule has 0 aromatic rings. The van der Waals surface area contributed by atoms with Crippen molar-refractivity contribution < 1.29 is 9.84 Å². The Morgan fingerprint density at radius 2 is 1.60 bits per heavy atom. The van der Waals surface area contributed by atoms with Gasteiger partial charge in [-0.2, -0.15) is 0 Å². The fourth-order valence-corrected chi connectivity index (χ4v) is 3.61. The Kier molecular flexibility index (Phi) is 3.09. The highest BCUT2D eigenvalue weighted by molar-refractivity contribution is 5.01. The van der Waals surface area contributed by atoms with E-state index in [9.17, 15) is 5.11 Å². The molecule has 2 nitrogen and oxygen atoms in total. The smallest absolute Gasteiger partial charge is 0.0725 e. The van der Waals surface area contributed by atoms with Crippen LogP contribution in [0.5, 0.6) is 0 Å². The molecule has 2 unspecified atom stereocenters. The van der Waals surface area contributed by atoms with Crippen molar-refractivity contribution in [3.63, 3.8) is 0 Å². The van der Waals surface area contributed by atoms with Gasteiger partial charge in [0.25, 0.3) is 0 Å². The Labute approximate surface area is 93.0 Å². The average molecular weight is 212 g/mol. The summed E-state index contributed by atoms with van der Waals surface area (Å²) in [5.41, 5.74) is -0.399. The van der Waals surface area contributed by atoms with Crippen LogP contribution in [-0.2, 0) is 4.74 Å². The van der Waals surface area contributed by atoms with Crippen LogP contribution in [0.1, 0.15) is 46.0 Å². The van der Waals surface area contributed by atoms with E-state index in [1.807, 2.05) is 0 Å². The first-order valence-corrected chi connectivity index (χ1v) is 6.28. The second-order valence-corrected chi connectivity index (χ2v) is 5.98. The minimum Gasteiger partial charge on any atom is -0.389 e. The lowest BCUT2D eigenvalue weighted by Gasteiger charge is -2.50. The van der Waals surface area contributed by atoms with Gasteiger partial charge in [-0.05, 0) is 37.0 Å². The average Bonchev–Trinajstić information content (AvgIpc) is 2.11. The minimum absolute atomic E-state index is 0.308. The van der Waals surface area contributed by atoms with Crippen molar-refractivity contribution in [2.24, 2.45) is 17.8 Å². The van der Waals surface area contributed by atoms with Crippen LogP contribution in [0.15, 0.2) is 0 Å². The fraction of sp³-hybridized carbons (Fsp3) is 1.00. The van der Waals surface area contributed by atoms with Crippen molar-refractivity contribution in [3.8, 4) is 0 Å². The quantitative estimate of drug-likeness (QED) is 0.762. The molecule has 0 aromatic carbocycles. The molecular formula is C13H24O2. The summed E-state index contributed by atoms with van der Waals surface area (Å²) < 4.78 is 5.27. The third kappa shape index (κ3) is 2.21. The van der Waals surface area contributed by atoms with Crippen LogP contribution in [0.4, 0.5) is 0 Å². The standard InChI is InChI=1S/C13H24O2/c1-9-4-10(2)6-11(5-9)13(14)7-12(8-13)15-3/h9-12,14H,4-8H2,1-3H3. The summed E-state index contributed by atoms with van der Waals surface area (Å²) in [7, 11) is 1.75. The molecule has 15 heavy (non-hydrogen) atoms. The molecule has 0 saturated heterocycles. The van der Waals surface area contributed by atoms with E-state index >= 15 is 0 Å². The lowest BCUT2D eigenvalue weighted by Crippen LogP contribution is -2.54. The summed E-state index contributed by atoms with van der Waals surface area (Å²) in [6.07, 6.45) is 5.76. The van der Waals surface area contributed by atoms with E-state index in [1.54, 1.807) is 7.11 Å². The first kappa shape index (κ1) is 11.4.